The van der Waals surface area contributed by atoms with Crippen molar-refractivity contribution in [1.29, 1.82) is 0 Å². The highest BCUT2D eigenvalue weighted by molar-refractivity contribution is 6.01. The van der Waals surface area contributed by atoms with Gasteiger partial charge >= 0.3 is 11.9 Å². The van der Waals surface area contributed by atoms with Crippen LogP contribution in [0.4, 0.5) is 0 Å². The lowest BCUT2D eigenvalue weighted by Gasteiger charge is -2.53. The summed E-state index contributed by atoms with van der Waals surface area (Å²) in [5, 5.41) is 0. The van der Waals surface area contributed by atoms with Crippen molar-refractivity contribution < 1.29 is 38.2 Å². The molecule has 12 atom stereocenters. The smallest absolute Gasteiger partial charge is 0.303 e. The van der Waals surface area contributed by atoms with E-state index < -0.39 is 11.9 Å². The number of rotatable bonds is 6. The van der Waals surface area contributed by atoms with E-state index in [4.69, 9.17) is 9.47 Å². The monoisotopic (exact) mass is 766 g/mol. The fraction of sp³-hybridized carbons (Fsp3) is 0.667. The summed E-state index contributed by atoms with van der Waals surface area (Å²) in [4.78, 5) is 72.1. The summed E-state index contributed by atoms with van der Waals surface area (Å²) in [5.41, 5.74) is 5.26. The third kappa shape index (κ3) is 6.59. The molecule has 4 saturated carbocycles. The fourth-order valence-corrected chi connectivity index (χ4v) is 14.0. The van der Waals surface area contributed by atoms with Crippen LogP contribution in [-0.4, -0.2) is 48.3 Å². The average Bonchev–Trinajstić information content (AvgIpc) is 3.57. The van der Waals surface area contributed by atoms with E-state index in [2.05, 4.69) is 59.8 Å². The minimum atomic E-state index is -0.398. The molecule has 0 bridgehead atoms. The maximum Gasteiger partial charge on any atom is 0.303 e. The molecule has 4 fully saturated rings. The van der Waals surface area contributed by atoms with Crippen molar-refractivity contribution in [1.82, 2.24) is 0 Å². The van der Waals surface area contributed by atoms with E-state index >= 15 is 0 Å². The zero-order chi connectivity index (χ0) is 40.5. The minimum Gasteiger partial charge on any atom is -0.458 e. The van der Waals surface area contributed by atoms with Crippen molar-refractivity contribution in [2.75, 3.05) is 13.2 Å². The maximum atomic E-state index is 13.0. The van der Waals surface area contributed by atoms with Crippen molar-refractivity contribution in [3.05, 3.63) is 58.7 Å². The SMILES string of the molecule is CC(=O)OCC(=O)[C@H]1[C@H](C)CC2C3CCC4=CC(=O)C=C[C@]4(C)C3=CC[C@@]21C.CC(=O)OCC(=O)[C@H]1[C@H](C)CC2C3CCC4=CC(=O)CC[C@]4(C)C3=CC[C@@]21C. The summed E-state index contributed by atoms with van der Waals surface area (Å²) in [5.74, 6) is 2.11. The molecule has 0 amide bonds. The van der Waals surface area contributed by atoms with Crippen molar-refractivity contribution in [3.63, 3.8) is 0 Å². The number of allylic oxidation sites excluding steroid dienone is 10. The van der Waals surface area contributed by atoms with Crippen molar-refractivity contribution in [2.24, 2.45) is 69.0 Å². The van der Waals surface area contributed by atoms with Gasteiger partial charge in [0.25, 0.3) is 0 Å². The van der Waals surface area contributed by atoms with Gasteiger partial charge in [-0.2, -0.15) is 0 Å². The van der Waals surface area contributed by atoms with Crippen LogP contribution in [0.1, 0.15) is 120 Å². The van der Waals surface area contributed by atoms with Crippen LogP contribution in [0.5, 0.6) is 0 Å². The number of ether oxygens (including phenoxy) is 2. The fourth-order valence-electron chi connectivity index (χ4n) is 14.0. The normalized spacial score (nSPS) is 41.6. The summed E-state index contributed by atoms with van der Waals surface area (Å²) in [7, 11) is 0. The quantitative estimate of drug-likeness (QED) is 0.195. The van der Waals surface area contributed by atoms with E-state index in [1.165, 1.54) is 36.1 Å². The van der Waals surface area contributed by atoms with Crippen molar-refractivity contribution >= 4 is 35.1 Å². The highest BCUT2D eigenvalue weighted by atomic mass is 16.5. The molecule has 0 aromatic heterocycles. The predicted octanol–water partition coefficient (Wildman–Crippen LogP) is 8.64. The maximum absolute atomic E-state index is 13.0. The third-order valence-electron chi connectivity index (χ3n) is 16.5. The Morgan fingerprint density at radius 1 is 0.696 bits per heavy atom. The molecule has 8 aliphatic rings. The van der Waals surface area contributed by atoms with Gasteiger partial charge in [0.2, 0.25) is 0 Å². The van der Waals surface area contributed by atoms with Crippen LogP contribution in [0.3, 0.4) is 0 Å². The summed E-state index contributed by atoms with van der Waals surface area (Å²) in [6.07, 6.45) is 21.8. The molecule has 0 aromatic carbocycles. The van der Waals surface area contributed by atoms with E-state index in [9.17, 15) is 28.8 Å². The highest BCUT2D eigenvalue weighted by Crippen LogP contribution is 2.67. The number of carbonyl (C=O) groups is 6. The van der Waals surface area contributed by atoms with Gasteiger partial charge in [0.15, 0.2) is 23.1 Å². The van der Waals surface area contributed by atoms with Gasteiger partial charge in [0, 0.05) is 42.9 Å². The van der Waals surface area contributed by atoms with Crippen LogP contribution < -0.4 is 0 Å². The minimum absolute atomic E-state index is 0.0290. The number of hydrogen-bond donors (Lipinski definition) is 0. The Hall–Kier alpha value is -3.68. The van der Waals surface area contributed by atoms with Crippen LogP contribution in [0.15, 0.2) is 58.7 Å². The Morgan fingerprint density at radius 2 is 1.20 bits per heavy atom. The number of hydrogen-bond acceptors (Lipinski definition) is 8. The number of ketones is 4. The van der Waals surface area contributed by atoms with Crippen LogP contribution >= 0.6 is 0 Å². The van der Waals surface area contributed by atoms with Crippen LogP contribution in [0.25, 0.3) is 0 Å². The number of fused-ring (bicyclic) bond motifs is 10. The third-order valence-corrected chi connectivity index (χ3v) is 16.5. The molecule has 56 heavy (non-hydrogen) atoms. The Bertz CT molecular complexity index is 1880. The molecule has 0 aliphatic heterocycles. The largest absolute Gasteiger partial charge is 0.458 e. The molecule has 0 N–H and O–H groups in total. The van der Waals surface area contributed by atoms with E-state index in [0.29, 0.717) is 41.9 Å². The lowest BCUT2D eigenvalue weighted by Crippen LogP contribution is -2.46. The van der Waals surface area contributed by atoms with Gasteiger partial charge in [0.05, 0.1) is 0 Å². The molecule has 302 valence electrons. The van der Waals surface area contributed by atoms with Gasteiger partial charge in [0.1, 0.15) is 13.2 Å². The molecule has 8 aliphatic carbocycles. The number of carbonyl (C=O) groups excluding carboxylic acids is 6. The molecule has 8 rings (SSSR count). The molecular weight excluding hydrogens is 705 g/mol. The van der Waals surface area contributed by atoms with Gasteiger partial charge < -0.3 is 9.47 Å². The molecule has 8 heteroatoms. The lowest BCUT2D eigenvalue weighted by molar-refractivity contribution is -0.148. The van der Waals surface area contributed by atoms with Crippen molar-refractivity contribution in [2.45, 2.75) is 120 Å². The second kappa shape index (κ2) is 14.6. The first-order chi connectivity index (χ1) is 26.3. The zero-order valence-electron chi connectivity index (χ0n) is 34.8. The number of esters is 2. The second-order valence-corrected chi connectivity index (χ2v) is 19.7. The van der Waals surface area contributed by atoms with Gasteiger partial charge in [-0.25, -0.2) is 0 Å². The van der Waals surface area contributed by atoms with Crippen LogP contribution in [-0.2, 0) is 38.2 Å². The molecule has 8 nitrogen and oxygen atoms in total. The first kappa shape index (κ1) is 40.5. The highest BCUT2D eigenvalue weighted by Gasteiger charge is 2.61. The van der Waals surface area contributed by atoms with E-state index in [0.717, 1.165) is 57.8 Å². The summed E-state index contributed by atoms with van der Waals surface area (Å²) in [6, 6.07) is 0. The molecular formula is C48H62O8. The predicted molar refractivity (Wildman–Crippen MR) is 213 cm³/mol. The van der Waals surface area contributed by atoms with Crippen LogP contribution in [0, 0.1) is 69.0 Å². The summed E-state index contributed by atoms with van der Waals surface area (Å²) in [6.45, 7) is 16.0. The Labute approximate surface area is 333 Å². The van der Waals surface area contributed by atoms with E-state index in [1.807, 2.05) is 12.2 Å². The van der Waals surface area contributed by atoms with Crippen LogP contribution in [0.2, 0.25) is 0 Å². The second-order valence-electron chi connectivity index (χ2n) is 19.7. The zero-order valence-corrected chi connectivity index (χ0v) is 34.8. The Balaban J connectivity index is 0.000000172. The molecule has 0 spiro atoms. The first-order valence-corrected chi connectivity index (χ1v) is 21.2. The molecule has 0 aromatic rings. The molecule has 4 unspecified atom stereocenters. The standard InChI is InChI=1S/C24H32O4.C24H30O4/c2*1-14-11-20-18-6-5-16-12-17(26)7-9-23(16,3)19(18)8-10-24(20,4)22(14)21(27)13-28-15(2)25/h8,12,14,18,20,22H,5-7,9-11,13H2,1-4H3;7-9,12,14,18,20,22H,5-6,10-11,13H2,1-4H3/t2*14-,18?,20?,22-,23+,24+/m11/s1. The first-order valence-electron chi connectivity index (χ1n) is 21.2. The number of Topliss-reactive ketones (excluding diaryl/α,β-unsaturated/α-hetero) is 2. The van der Waals surface area contributed by atoms with Gasteiger partial charge in [-0.15, -0.1) is 0 Å². The van der Waals surface area contributed by atoms with Gasteiger partial charge in [-0.3, -0.25) is 28.8 Å². The Morgan fingerprint density at radius 3 is 1.73 bits per heavy atom. The Kier molecular flexibility index (Phi) is 10.6. The van der Waals surface area contributed by atoms with Gasteiger partial charge in [-0.05, 0) is 129 Å². The molecule has 0 saturated heterocycles. The summed E-state index contributed by atoms with van der Waals surface area (Å²) < 4.78 is 10.1. The van der Waals surface area contributed by atoms with E-state index in [1.54, 1.807) is 6.08 Å². The molecule has 0 heterocycles. The average molecular weight is 767 g/mol. The lowest BCUT2D eigenvalue weighted by atomic mass is 9.51. The topological polar surface area (TPSA) is 121 Å². The molecule has 0 radical (unpaired) electrons. The summed E-state index contributed by atoms with van der Waals surface area (Å²) >= 11 is 0. The van der Waals surface area contributed by atoms with Gasteiger partial charge in [-0.1, -0.05) is 75.1 Å². The van der Waals surface area contributed by atoms with Crippen molar-refractivity contribution in [3.8, 4) is 0 Å². The van der Waals surface area contributed by atoms with E-state index in [-0.39, 0.29) is 69.8 Å².